The van der Waals surface area contributed by atoms with E-state index in [2.05, 4.69) is 0 Å². The van der Waals surface area contributed by atoms with E-state index >= 15 is 0 Å². The normalized spacial score (nSPS) is 24.8. The maximum absolute atomic E-state index is 12.7. The fourth-order valence-electron chi connectivity index (χ4n) is 3.24. The second kappa shape index (κ2) is 5.81. The van der Waals surface area contributed by atoms with E-state index in [9.17, 15) is 14.7 Å². The Labute approximate surface area is 134 Å². The Kier molecular flexibility index (Phi) is 3.98. The Morgan fingerprint density at radius 2 is 2.17 bits per heavy atom. The standard InChI is InChI=1S/C18H21NO4/c1-3-12-11-19(9-8-18(12,2)22)17(21)16-10-14(20)13-6-4-5-7-15(13)23-16/h4-7,10,12,22H,3,8-9,11H2,1-2H3/t12-,18+/m1/s1. The maximum atomic E-state index is 12.7. The molecular weight excluding hydrogens is 294 g/mol. The van der Waals surface area contributed by atoms with E-state index in [-0.39, 0.29) is 23.0 Å². The summed E-state index contributed by atoms with van der Waals surface area (Å²) in [4.78, 5) is 26.5. The van der Waals surface area contributed by atoms with E-state index in [4.69, 9.17) is 4.42 Å². The van der Waals surface area contributed by atoms with Gasteiger partial charge in [-0.3, -0.25) is 9.59 Å². The molecule has 0 spiro atoms. The van der Waals surface area contributed by atoms with Gasteiger partial charge in [-0.15, -0.1) is 0 Å². The minimum Gasteiger partial charge on any atom is -0.451 e. The van der Waals surface area contributed by atoms with Crippen LogP contribution in [-0.2, 0) is 0 Å². The van der Waals surface area contributed by atoms with E-state index in [0.29, 0.717) is 30.5 Å². The van der Waals surface area contributed by atoms with Crippen LogP contribution in [0, 0.1) is 5.92 Å². The summed E-state index contributed by atoms with van der Waals surface area (Å²) in [6.45, 7) is 4.75. The maximum Gasteiger partial charge on any atom is 0.289 e. The number of amides is 1. The van der Waals surface area contributed by atoms with Crippen molar-refractivity contribution in [2.24, 2.45) is 5.92 Å². The van der Waals surface area contributed by atoms with Crippen LogP contribution in [0.5, 0.6) is 0 Å². The van der Waals surface area contributed by atoms with Crippen molar-refractivity contribution < 1.29 is 14.3 Å². The van der Waals surface area contributed by atoms with Gasteiger partial charge in [0.15, 0.2) is 11.2 Å². The minimum atomic E-state index is -0.754. The van der Waals surface area contributed by atoms with Crippen LogP contribution in [-0.4, -0.2) is 34.6 Å². The molecule has 1 aromatic carbocycles. The van der Waals surface area contributed by atoms with E-state index in [0.717, 1.165) is 6.42 Å². The van der Waals surface area contributed by atoms with Gasteiger partial charge in [-0.1, -0.05) is 19.1 Å². The summed E-state index contributed by atoms with van der Waals surface area (Å²) >= 11 is 0. The Bertz CT molecular complexity index is 793. The Morgan fingerprint density at radius 3 is 2.91 bits per heavy atom. The molecule has 1 aliphatic rings. The lowest BCUT2D eigenvalue weighted by Gasteiger charge is -2.42. The third-order valence-electron chi connectivity index (χ3n) is 4.83. The molecular formula is C18H21NO4. The van der Waals surface area contributed by atoms with Gasteiger partial charge in [0.1, 0.15) is 5.58 Å². The van der Waals surface area contributed by atoms with Crippen LogP contribution < -0.4 is 5.43 Å². The molecule has 1 aliphatic heterocycles. The fourth-order valence-corrected chi connectivity index (χ4v) is 3.24. The second-order valence-electron chi connectivity index (χ2n) is 6.43. The molecule has 2 aromatic rings. The number of para-hydroxylation sites is 1. The summed E-state index contributed by atoms with van der Waals surface area (Å²) in [5.74, 6) is -0.209. The van der Waals surface area contributed by atoms with Crippen molar-refractivity contribution in [3.8, 4) is 0 Å². The van der Waals surface area contributed by atoms with Gasteiger partial charge in [0.2, 0.25) is 0 Å². The van der Waals surface area contributed by atoms with Gasteiger partial charge in [-0.25, -0.2) is 0 Å². The minimum absolute atomic E-state index is 0.0207. The molecule has 0 radical (unpaired) electrons. The molecule has 5 nitrogen and oxygen atoms in total. The van der Waals surface area contributed by atoms with Crippen LogP contribution in [0.2, 0.25) is 0 Å². The predicted molar refractivity (Wildman–Crippen MR) is 87.4 cm³/mol. The first-order valence-corrected chi connectivity index (χ1v) is 7.97. The van der Waals surface area contributed by atoms with Gasteiger partial charge < -0.3 is 14.4 Å². The average Bonchev–Trinajstić information content (AvgIpc) is 2.54. The van der Waals surface area contributed by atoms with Gasteiger partial charge >= 0.3 is 0 Å². The summed E-state index contributed by atoms with van der Waals surface area (Å²) in [7, 11) is 0. The Hall–Kier alpha value is -2.14. The molecule has 0 saturated carbocycles. The van der Waals surface area contributed by atoms with Crippen molar-refractivity contribution in [2.75, 3.05) is 13.1 Å². The van der Waals surface area contributed by atoms with Crippen LogP contribution in [0.4, 0.5) is 0 Å². The van der Waals surface area contributed by atoms with Gasteiger partial charge in [-0.2, -0.15) is 0 Å². The molecule has 1 aromatic heterocycles. The lowest BCUT2D eigenvalue weighted by atomic mass is 9.81. The van der Waals surface area contributed by atoms with E-state index < -0.39 is 5.60 Å². The average molecular weight is 315 g/mol. The third-order valence-corrected chi connectivity index (χ3v) is 4.83. The molecule has 3 rings (SSSR count). The zero-order chi connectivity index (χ0) is 16.6. The number of carbonyl (C=O) groups is 1. The number of fused-ring (bicyclic) bond motifs is 1. The molecule has 122 valence electrons. The molecule has 5 heteroatoms. The monoisotopic (exact) mass is 315 g/mol. The van der Waals surface area contributed by atoms with Crippen LogP contribution in [0.3, 0.4) is 0 Å². The predicted octanol–water partition coefficient (Wildman–Crippen LogP) is 2.42. The lowest BCUT2D eigenvalue weighted by Crippen LogP contribution is -2.51. The highest BCUT2D eigenvalue weighted by Gasteiger charge is 2.38. The Morgan fingerprint density at radius 1 is 1.43 bits per heavy atom. The van der Waals surface area contributed by atoms with Crippen LogP contribution in [0.1, 0.15) is 37.2 Å². The molecule has 0 unspecified atom stereocenters. The molecule has 2 heterocycles. The fraction of sp³-hybridized carbons (Fsp3) is 0.444. The lowest BCUT2D eigenvalue weighted by molar-refractivity contribution is -0.0526. The summed E-state index contributed by atoms with van der Waals surface area (Å²) in [5.41, 5.74) is -0.555. The van der Waals surface area contributed by atoms with Gasteiger partial charge in [0.05, 0.1) is 11.0 Å². The van der Waals surface area contributed by atoms with Crippen molar-refractivity contribution in [2.45, 2.75) is 32.3 Å². The number of benzene rings is 1. The number of aliphatic hydroxyl groups is 1. The molecule has 1 fully saturated rings. The van der Waals surface area contributed by atoms with Crippen molar-refractivity contribution in [1.82, 2.24) is 4.90 Å². The van der Waals surface area contributed by atoms with Crippen molar-refractivity contribution in [3.05, 3.63) is 46.3 Å². The van der Waals surface area contributed by atoms with Gasteiger partial charge in [-0.05, 0) is 31.9 Å². The molecule has 23 heavy (non-hydrogen) atoms. The van der Waals surface area contributed by atoms with E-state index in [1.807, 2.05) is 13.8 Å². The van der Waals surface area contributed by atoms with Crippen LogP contribution in [0.25, 0.3) is 11.0 Å². The topological polar surface area (TPSA) is 70.8 Å². The number of hydrogen-bond acceptors (Lipinski definition) is 4. The van der Waals surface area contributed by atoms with Crippen molar-refractivity contribution in [1.29, 1.82) is 0 Å². The summed E-state index contributed by atoms with van der Waals surface area (Å²) < 4.78 is 5.62. The zero-order valence-electron chi connectivity index (χ0n) is 13.4. The molecule has 1 saturated heterocycles. The largest absolute Gasteiger partial charge is 0.451 e. The number of carbonyl (C=O) groups excluding carboxylic acids is 1. The molecule has 0 bridgehead atoms. The number of likely N-dealkylation sites (tertiary alicyclic amines) is 1. The van der Waals surface area contributed by atoms with Gasteiger partial charge in [0.25, 0.3) is 5.91 Å². The summed E-state index contributed by atoms with van der Waals surface area (Å²) in [6, 6.07) is 8.16. The highest BCUT2D eigenvalue weighted by atomic mass is 16.3. The second-order valence-corrected chi connectivity index (χ2v) is 6.43. The first kappa shape index (κ1) is 15.7. The number of hydrogen-bond donors (Lipinski definition) is 1. The third kappa shape index (κ3) is 2.88. The van der Waals surface area contributed by atoms with Crippen molar-refractivity contribution >= 4 is 16.9 Å². The number of nitrogens with zero attached hydrogens (tertiary/aromatic N) is 1. The highest BCUT2D eigenvalue weighted by Crippen LogP contribution is 2.30. The van der Waals surface area contributed by atoms with E-state index in [1.54, 1.807) is 29.2 Å². The molecule has 1 amide bonds. The van der Waals surface area contributed by atoms with E-state index in [1.165, 1.54) is 6.07 Å². The summed E-state index contributed by atoms with van der Waals surface area (Å²) in [5, 5.41) is 10.8. The summed E-state index contributed by atoms with van der Waals surface area (Å²) in [6.07, 6.45) is 1.31. The molecule has 1 N–H and O–H groups in total. The smallest absolute Gasteiger partial charge is 0.289 e. The SMILES string of the molecule is CC[C@@H]1CN(C(=O)c2cc(=O)c3ccccc3o2)CC[C@]1(C)O. The van der Waals surface area contributed by atoms with Crippen LogP contribution in [0.15, 0.2) is 39.5 Å². The quantitative estimate of drug-likeness (QED) is 0.924. The first-order valence-electron chi connectivity index (χ1n) is 7.97. The number of rotatable bonds is 2. The zero-order valence-corrected chi connectivity index (χ0v) is 13.4. The molecule has 0 aliphatic carbocycles. The highest BCUT2D eigenvalue weighted by molar-refractivity contribution is 5.93. The number of piperidine rings is 1. The first-order chi connectivity index (χ1) is 10.9. The van der Waals surface area contributed by atoms with Crippen LogP contribution >= 0.6 is 0 Å². The van der Waals surface area contributed by atoms with Gasteiger partial charge in [0, 0.05) is 25.1 Å². The van der Waals surface area contributed by atoms with Crippen molar-refractivity contribution in [3.63, 3.8) is 0 Å². The Balaban J connectivity index is 1.90. The molecule has 2 atom stereocenters.